The van der Waals surface area contributed by atoms with Gasteiger partial charge in [0.2, 0.25) is 0 Å². The van der Waals surface area contributed by atoms with Gasteiger partial charge in [-0.05, 0) is 27.7 Å². The number of hydrogen-bond acceptors (Lipinski definition) is 3. The Labute approximate surface area is 116 Å². The number of aliphatic carboxylic acids is 1. The molecule has 17 heavy (non-hydrogen) atoms. The van der Waals surface area contributed by atoms with Crippen molar-refractivity contribution >= 4 is 30.8 Å². The van der Waals surface area contributed by atoms with Gasteiger partial charge in [-0.25, -0.2) is 0 Å². The summed E-state index contributed by atoms with van der Waals surface area (Å²) < 4.78 is 0. The maximum absolute atomic E-state index is 11.0. The van der Waals surface area contributed by atoms with Gasteiger partial charge in [-0.1, -0.05) is 0 Å². The molecule has 2 unspecified atom stereocenters. The summed E-state index contributed by atoms with van der Waals surface area (Å²) in [7, 11) is 0. The van der Waals surface area contributed by atoms with Crippen molar-refractivity contribution in [2.75, 3.05) is 19.6 Å². The highest BCUT2D eigenvalue weighted by Crippen LogP contribution is 2.20. The standard InChI is InChI=1S/C11H22N2O2.2ClH/c1-8-6-13(9(2)5-12-8)7-11(3,4)10(14)15;;/h8-9,12H,5-7H2,1-4H3,(H,14,15);2*1H. The molecule has 0 aromatic carbocycles. The number of carboxylic acids is 1. The largest absolute Gasteiger partial charge is 0.481 e. The van der Waals surface area contributed by atoms with Gasteiger partial charge < -0.3 is 10.4 Å². The Balaban J connectivity index is 0. The Hall–Kier alpha value is -0.0300. The van der Waals surface area contributed by atoms with Crippen molar-refractivity contribution in [3.05, 3.63) is 0 Å². The number of nitrogens with zero attached hydrogens (tertiary/aromatic N) is 1. The van der Waals surface area contributed by atoms with Crippen LogP contribution in [0.5, 0.6) is 0 Å². The molecule has 0 saturated carbocycles. The quantitative estimate of drug-likeness (QED) is 0.828. The van der Waals surface area contributed by atoms with Crippen LogP contribution in [0.4, 0.5) is 0 Å². The second-order valence-corrected chi connectivity index (χ2v) is 5.28. The molecule has 0 spiro atoms. The molecule has 0 bridgehead atoms. The lowest BCUT2D eigenvalue weighted by molar-refractivity contribution is -0.148. The van der Waals surface area contributed by atoms with Crippen LogP contribution in [-0.2, 0) is 4.79 Å². The Morgan fingerprint density at radius 3 is 2.41 bits per heavy atom. The SMILES string of the molecule is CC1CN(CC(C)(C)C(=O)O)C(C)CN1.Cl.Cl. The van der Waals surface area contributed by atoms with Crippen molar-refractivity contribution in [2.45, 2.75) is 39.8 Å². The van der Waals surface area contributed by atoms with E-state index in [4.69, 9.17) is 5.11 Å². The Morgan fingerprint density at radius 1 is 1.41 bits per heavy atom. The third-order valence-electron chi connectivity index (χ3n) is 3.07. The molecule has 2 N–H and O–H groups in total. The lowest BCUT2D eigenvalue weighted by atomic mass is 9.92. The molecule has 1 rings (SSSR count). The number of hydrogen-bond donors (Lipinski definition) is 2. The molecular weight excluding hydrogens is 263 g/mol. The molecule has 2 atom stereocenters. The van der Waals surface area contributed by atoms with Crippen LogP contribution in [0.3, 0.4) is 0 Å². The molecule has 1 aliphatic rings. The van der Waals surface area contributed by atoms with Crippen LogP contribution in [-0.4, -0.2) is 47.7 Å². The fourth-order valence-corrected chi connectivity index (χ4v) is 1.89. The lowest BCUT2D eigenvalue weighted by Gasteiger charge is -2.40. The zero-order valence-electron chi connectivity index (χ0n) is 10.9. The van der Waals surface area contributed by atoms with Crippen molar-refractivity contribution in [3.63, 3.8) is 0 Å². The zero-order chi connectivity index (χ0) is 11.6. The first-order valence-electron chi connectivity index (χ1n) is 5.54. The van der Waals surface area contributed by atoms with Crippen LogP contribution >= 0.6 is 24.8 Å². The predicted molar refractivity (Wildman–Crippen MR) is 74.4 cm³/mol. The third-order valence-corrected chi connectivity index (χ3v) is 3.07. The van der Waals surface area contributed by atoms with E-state index < -0.39 is 11.4 Å². The van der Waals surface area contributed by atoms with E-state index in [9.17, 15) is 4.79 Å². The van der Waals surface area contributed by atoms with E-state index >= 15 is 0 Å². The first-order valence-corrected chi connectivity index (χ1v) is 5.54. The molecule has 0 amide bonds. The van der Waals surface area contributed by atoms with Crippen molar-refractivity contribution in [2.24, 2.45) is 5.41 Å². The summed E-state index contributed by atoms with van der Waals surface area (Å²) in [6.45, 7) is 10.3. The maximum Gasteiger partial charge on any atom is 0.310 e. The van der Waals surface area contributed by atoms with Gasteiger partial charge in [0.15, 0.2) is 0 Å². The number of nitrogens with one attached hydrogen (secondary N) is 1. The minimum atomic E-state index is -0.721. The first kappa shape index (κ1) is 19.3. The van der Waals surface area contributed by atoms with Crippen LogP contribution in [0.2, 0.25) is 0 Å². The number of rotatable bonds is 3. The minimum Gasteiger partial charge on any atom is -0.481 e. The summed E-state index contributed by atoms with van der Waals surface area (Å²) in [6.07, 6.45) is 0. The van der Waals surface area contributed by atoms with E-state index in [-0.39, 0.29) is 24.8 Å². The molecule has 104 valence electrons. The van der Waals surface area contributed by atoms with Gasteiger partial charge >= 0.3 is 5.97 Å². The van der Waals surface area contributed by atoms with Crippen LogP contribution < -0.4 is 5.32 Å². The normalized spacial score (nSPS) is 25.6. The molecule has 1 heterocycles. The molecule has 1 fully saturated rings. The van der Waals surface area contributed by atoms with Gasteiger partial charge in [0.25, 0.3) is 0 Å². The average Bonchev–Trinajstić information content (AvgIpc) is 2.10. The zero-order valence-corrected chi connectivity index (χ0v) is 12.5. The van der Waals surface area contributed by atoms with E-state index in [2.05, 4.69) is 24.1 Å². The van der Waals surface area contributed by atoms with Gasteiger partial charge in [-0.15, -0.1) is 24.8 Å². The summed E-state index contributed by atoms with van der Waals surface area (Å²) in [5.41, 5.74) is -0.661. The summed E-state index contributed by atoms with van der Waals surface area (Å²) in [5.74, 6) is -0.721. The molecule has 4 nitrogen and oxygen atoms in total. The van der Waals surface area contributed by atoms with Crippen molar-refractivity contribution in [1.29, 1.82) is 0 Å². The van der Waals surface area contributed by atoms with E-state index in [1.807, 2.05) is 0 Å². The first-order chi connectivity index (χ1) is 6.83. The lowest BCUT2D eigenvalue weighted by Crippen LogP contribution is -2.57. The molecular formula is C11H24Cl2N2O2. The monoisotopic (exact) mass is 286 g/mol. The van der Waals surface area contributed by atoms with E-state index in [0.717, 1.165) is 13.1 Å². The van der Waals surface area contributed by atoms with Crippen LogP contribution in [0.1, 0.15) is 27.7 Å². The van der Waals surface area contributed by atoms with Gasteiger partial charge in [0, 0.05) is 31.7 Å². The Morgan fingerprint density at radius 2 is 1.94 bits per heavy atom. The van der Waals surface area contributed by atoms with Gasteiger partial charge in [-0.2, -0.15) is 0 Å². The second-order valence-electron chi connectivity index (χ2n) is 5.28. The number of carbonyl (C=O) groups is 1. The second kappa shape index (κ2) is 7.41. The molecule has 0 radical (unpaired) electrons. The summed E-state index contributed by atoms with van der Waals surface area (Å²) in [5, 5.41) is 12.5. The number of piperazine rings is 1. The molecule has 1 saturated heterocycles. The maximum atomic E-state index is 11.0. The van der Waals surface area contributed by atoms with Crippen LogP contribution in [0.25, 0.3) is 0 Å². The van der Waals surface area contributed by atoms with E-state index in [1.54, 1.807) is 13.8 Å². The summed E-state index contributed by atoms with van der Waals surface area (Å²) in [4.78, 5) is 13.3. The smallest absolute Gasteiger partial charge is 0.310 e. The average molecular weight is 287 g/mol. The molecule has 6 heteroatoms. The van der Waals surface area contributed by atoms with Gasteiger partial charge in [-0.3, -0.25) is 9.69 Å². The van der Waals surface area contributed by atoms with Crippen molar-refractivity contribution in [3.8, 4) is 0 Å². The molecule has 0 aliphatic carbocycles. The highest BCUT2D eigenvalue weighted by atomic mass is 35.5. The summed E-state index contributed by atoms with van der Waals surface area (Å²) >= 11 is 0. The predicted octanol–water partition coefficient (Wildman–Crippen LogP) is 1.62. The van der Waals surface area contributed by atoms with E-state index in [0.29, 0.717) is 18.6 Å². The van der Waals surface area contributed by atoms with Crippen LogP contribution in [0.15, 0.2) is 0 Å². The van der Waals surface area contributed by atoms with E-state index in [1.165, 1.54) is 0 Å². The molecule has 0 aromatic rings. The molecule has 0 aromatic heterocycles. The third kappa shape index (κ3) is 5.42. The topological polar surface area (TPSA) is 52.6 Å². The Kier molecular flexibility index (Phi) is 8.42. The molecule has 1 aliphatic heterocycles. The van der Waals surface area contributed by atoms with Gasteiger partial charge in [0.1, 0.15) is 0 Å². The fraction of sp³-hybridized carbons (Fsp3) is 0.909. The van der Waals surface area contributed by atoms with Crippen molar-refractivity contribution in [1.82, 2.24) is 10.2 Å². The fourth-order valence-electron chi connectivity index (χ4n) is 1.89. The Bertz CT molecular complexity index is 250. The minimum absolute atomic E-state index is 0. The number of halogens is 2. The van der Waals surface area contributed by atoms with Crippen LogP contribution in [0, 0.1) is 5.41 Å². The highest BCUT2D eigenvalue weighted by molar-refractivity contribution is 5.85. The number of carboxylic acid groups (broad SMARTS) is 1. The van der Waals surface area contributed by atoms with Crippen molar-refractivity contribution < 1.29 is 9.90 Å². The summed E-state index contributed by atoms with van der Waals surface area (Å²) in [6, 6.07) is 0.866. The van der Waals surface area contributed by atoms with Gasteiger partial charge in [0.05, 0.1) is 5.41 Å². The highest BCUT2D eigenvalue weighted by Gasteiger charge is 2.33.